The van der Waals surface area contributed by atoms with Crippen LogP contribution in [-0.2, 0) is 36.5 Å². The van der Waals surface area contributed by atoms with Crippen LogP contribution in [0.15, 0.2) is 36.9 Å². The molecule has 0 bridgehead atoms. The molecule has 10 heteroatoms. The molecule has 2 atom stereocenters. The maximum atomic E-state index is 12.3. The molecule has 0 radical (unpaired) electrons. The molecular weight excluding hydrogens is 408 g/mol. The highest BCUT2D eigenvalue weighted by atomic mass is 16.2. The van der Waals surface area contributed by atoms with Crippen LogP contribution in [0.3, 0.4) is 0 Å². The molecule has 2 aromatic heterocycles. The van der Waals surface area contributed by atoms with Gasteiger partial charge in [-0.3, -0.25) is 19.0 Å². The van der Waals surface area contributed by atoms with Gasteiger partial charge in [0.2, 0.25) is 11.8 Å². The van der Waals surface area contributed by atoms with E-state index in [-0.39, 0.29) is 23.9 Å². The Bertz CT molecular complexity index is 978. The van der Waals surface area contributed by atoms with Crippen LogP contribution in [-0.4, -0.2) is 41.3 Å². The molecule has 2 unspecified atom stereocenters. The van der Waals surface area contributed by atoms with Crippen LogP contribution >= 0.6 is 0 Å². The predicted octanol–water partition coefficient (Wildman–Crippen LogP) is 1.56. The minimum absolute atomic E-state index is 0.0388. The fraction of sp³-hybridized carbons (Fsp3) is 0.455. The van der Waals surface area contributed by atoms with Gasteiger partial charge in [0.05, 0.1) is 12.1 Å². The SMILES string of the molecule is CC(NC(=O)CCc1cccc(CCC(=O)NC(C)c2ncnn2C)c1)c1ncnn1C. The number of carbonyl (C=O) groups is 2. The van der Waals surface area contributed by atoms with Gasteiger partial charge in [0.25, 0.3) is 0 Å². The van der Waals surface area contributed by atoms with Crippen LogP contribution in [0.5, 0.6) is 0 Å². The number of carbonyl (C=O) groups excluding carboxylic acids is 2. The first-order chi connectivity index (χ1) is 15.3. The number of hydrogen-bond acceptors (Lipinski definition) is 6. The van der Waals surface area contributed by atoms with Gasteiger partial charge in [0, 0.05) is 26.9 Å². The van der Waals surface area contributed by atoms with Crippen LogP contribution in [0.2, 0.25) is 0 Å². The zero-order valence-electron chi connectivity index (χ0n) is 18.9. The lowest BCUT2D eigenvalue weighted by Crippen LogP contribution is -2.28. The topological polar surface area (TPSA) is 120 Å². The highest BCUT2D eigenvalue weighted by molar-refractivity contribution is 5.77. The van der Waals surface area contributed by atoms with E-state index in [0.717, 1.165) is 11.1 Å². The largest absolute Gasteiger partial charge is 0.346 e. The van der Waals surface area contributed by atoms with Crippen LogP contribution in [0.1, 0.15) is 61.5 Å². The molecule has 2 N–H and O–H groups in total. The normalized spacial score (nSPS) is 12.9. The Balaban J connectivity index is 1.44. The highest BCUT2D eigenvalue weighted by Crippen LogP contribution is 2.12. The van der Waals surface area contributed by atoms with E-state index in [9.17, 15) is 9.59 Å². The monoisotopic (exact) mass is 438 g/mol. The van der Waals surface area contributed by atoms with Crippen molar-refractivity contribution >= 4 is 11.8 Å². The van der Waals surface area contributed by atoms with E-state index in [4.69, 9.17) is 0 Å². The number of rotatable bonds is 10. The molecule has 3 rings (SSSR count). The second-order valence-electron chi connectivity index (χ2n) is 7.88. The molecule has 2 heterocycles. The maximum Gasteiger partial charge on any atom is 0.220 e. The summed E-state index contributed by atoms with van der Waals surface area (Å²) in [6, 6.07) is 7.61. The first kappa shape index (κ1) is 23.1. The Hall–Kier alpha value is -3.56. The lowest BCUT2D eigenvalue weighted by molar-refractivity contribution is -0.122. The van der Waals surface area contributed by atoms with Crippen molar-refractivity contribution in [3.05, 3.63) is 59.7 Å². The number of benzene rings is 1. The summed E-state index contributed by atoms with van der Waals surface area (Å²) < 4.78 is 3.30. The van der Waals surface area contributed by atoms with Gasteiger partial charge in [-0.05, 0) is 37.8 Å². The van der Waals surface area contributed by atoms with Gasteiger partial charge in [-0.1, -0.05) is 24.3 Å². The van der Waals surface area contributed by atoms with E-state index in [0.29, 0.717) is 37.3 Å². The van der Waals surface area contributed by atoms with E-state index < -0.39 is 0 Å². The van der Waals surface area contributed by atoms with Crippen LogP contribution in [0.4, 0.5) is 0 Å². The molecule has 0 aliphatic carbocycles. The van der Waals surface area contributed by atoms with Crippen molar-refractivity contribution in [2.24, 2.45) is 14.1 Å². The molecule has 170 valence electrons. The van der Waals surface area contributed by atoms with Crippen molar-refractivity contribution in [2.45, 2.75) is 51.6 Å². The van der Waals surface area contributed by atoms with Crippen LogP contribution in [0, 0.1) is 0 Å². The molecule has 32 heavy (non-hydrogen) atoms. The molecule has 0 aliphatic rings. The number of hydrogen-bond donors (Lipinski definition) is 2. The summed E-state index contributed by atoms with van der Waals surface area (Å²) in [7, 11) is 3.60. The van der Waals surface area contributed by atoms with Crippen LogP contribution in [0.25, 0.3) is 0 Å². The summed E-state index contributed by atoms with van der Waals surface area (Å²) in [6.07, 6.45) is 4.95. The molecule has 0 spiro atoms. The summed E-state index contributed by atoms with van der Waals surface area (Å²) in [5.41, 5.74) is 2.13. The second-order valence-corrected chi connectivity index (χ2v) is 7.88. The van der Waals surface area contributed by atoms with E-state index >= 15 is 0 Å². The average molecular weight is 439 g/mol. The fourth-order valence-electron chi connectivity index (χ4n) is 3.61. The van der Waals surface area contributed by atoms with E-state index in [1.165, 1.54) is 12.7 Å². The minimum Gasteiger partial charge on any atom is -0.346 e. The summed E-state index contributed by atoms with van der Waals surface area (Å²) in [6.45, 7) is 3.78. The predicted molar refractivity (Wildman–Crippen MR) is 118 cm³/mol. The number of nitrogens with one attached hydrogen (secondary N) is 2. The Morgan fingerprint density at radius 2 is 1.28 bits per heavy atom. The van der Waals surface area contributed by atoms with Crippen molar-refractivity contribution in [1.82, 2.24) is 40.2 Å². The molecule has 3 aromatic rings. The van der Waals surface area contributed by atoms with E-state index in [2.05, 4.69) is 36.9 Å². The van der Waals surface area contributed by atoms with E-state index in [1.54, 1.807) is 23.5 Å². The molecule has 2 amide bonds. The first-order valence-electron chi connectivity index (χ1n) is 10.7. The molecule has 0 saturated carbocycles. The Morgan fingerprint density at radius 1 is 0.844 bits per heavy atom. The third-order valence-electron chi connectivity index (χ3n) is 5.30. The number of aryl methyl sites for hydroxylation is 4. The fourth-order valence-corrected chi connectivity index (χ4v) is 3.61. The Kier molecular flexibility index (Phi) is 7.69. The quantitative estimate of drug-likeness (QED) is 0.496. The van der Waals surface area contributed by atoms with Crippen LogP contribution < -0.4 is 10.6 Å². The minimum atomic E-state index is -0.205. The summed E-state index contributed by atoms with van der Waals surface area (Å²) in [5.74, 6) is 1.35. The highest BCUT2D eigenvalue weighted by Gasteiger charge is 2.15. The molecule has 0 aliphatic heterocycles. The number of amides is 2. The zero-order chi connectivity index (χ0) is 23.1. The second kappa shape index (κ2) is 10.7. The number of nitrogens with zero attached hydrogens (tertiary/aromatic N) is 6. The molecule has 1 aromatic carbocycles. The Labute approximate surface area is 187 Å². The molecule has 10 nitrogen and oxygen atoms in total. The van der Waals surface area contributed by atoms with Crippen molar-refractivity contribution in [3.63, 3.8) is 0 Å². The average Bonchev–Trinajstić information content (AvgIpc) is 3.39. The Morgan fingerprint density at radius 3 is 1.66 bits per heavy atom. The van der Waals surface area contributed by atoms with Crippen molar-refractivity contribution in [2.75, 3.05) is 0 Å². The van der Waals surface area contributed by atoms with E-state index in [1.807, 2.05) is 32.0 Å². The standard InChI is InChI=1S/C22H30N8O2/c1-15(21-23-13-25-29(21)3)27-19(31)10-8-17-6-5-7-18(12-17)9-11-20(32)28-16(2)22-24-14-26-30(22)4/h5-7,12-16H,8-11H2,1-4H3,(H,27,31)(H,28,32). The van der Waals surface area contributed by atoms with Gasteiger partial charge in [-0.25, -0.2) is 9.97 Å². The number of aromatic nitrogens is 6. The van der Waals surface area contributed by atoms with Gasteiger partial charge in [-0.2, -0.15) is 10.2 Å². The smallest absolute Gasteiger partial charge is 0.220 e. The summed E-state index contributed by atoms with van der Waals surface area (Å²) in [4.78, 5) is 33.0. The maximum absolute atomic E-state index is 12.3. The summed E-state index contributed by atoms with van der Waals surface area (Å²) in [5, 5.41) is 14.0. The lowest BCUT2D eigenvalue weighted by atomic mass is 10.0. The van der Waals surface area contributed by atoms with Crippen molar-refractivity contribution in [1.29, 1.82) is 0 Å². The third-order valence-corrected chi connectivity index (χ3v) is 5.30. The van der Waals surface area contributed by atoms with Gasteiger partial charge in [-0.15, -0.1) is 0 Å². The molecule has 0 saturated heterocycles. The third kappa shape index (κ3) is 6.22. The summed E-state index contributed by atoms with van der Waals surface area (Å²) >= 11 is 0. The zero-order valence-corrected chi connectivity index (χ0v) is 18.9. The van der Waals surface area contributed by atoms with Gasteiger partial charge < -0.3 is 10.6 Å². The first-order valence-corrected chi connectivity index (χ1v) is 10.7. The van der Waals surface area contributed by atoms with Crippen molar-refractivity contribution in [3.8, 4) is 0 Å². The lowest BCUT2D eigenvalue weighted by Gasteiger charge is -2.13. The molecule has 0 fully saturated rings. The molecular formula is C22H30N8O2. The van der Waals surface area contributed by atoms with Gasteiger partial charge in [0.15, 0.2) is 0 Å². The van der Waals surface area contributed by atoms with Gasteiger partial charge in [0.1, 0.15) is 24.3 Å². The van der Waals surface area contributed by atoms with Crippen molar-refractivity contribution < 1.29 is 9.59 Å². The van der Waals surface area contributed by atoms with Gasteiger partial charge >= 0.3 is 0 Å².